The molecule has 2 atom stereocenters. The molecule has 0 fully saturated rings. The molecular formula is C25H23N3O3. The summed E-state index contributed by atoms with van der Waals surface area (Å²) in [4.78, 5) is 34.7. The monoisotopic (exact) mass is 413 g/mol. The molecule has 4 aromatic rings. The van der Waals surface area contributed by atoms with Gasteiger partial charge in [-0.25, -0.2) is 9.78 Å². The molecule has 156 valence electrons. The standard InChI is InChI=1S/C25H23N3O3/c1-16(25(30)31-2)27-24(29)20(15-17-9-4-3-5-10-17)23-22-19(12-8-14-26-22)18-11-6-7-13-21(18)28-23/h3-14,16,20H,15H2,1-2H3,(H,27,29). The quantitative estimate of drug-likeness (QED) is 0.384. The van der Waals surface area contributed by atoms with Gasteiger partial charge in [0.15, 0.2) is 0 Å². The molecule has 0 aliphatic rings. The molecule has 6 heteroatoms. The number of carbonyl (C=O) groups excluding carboxylic acids is 2. The van der Waals surface area contributed by atoms with Gasteiger partial charge in [0.2, 0.25) is 5.91 Å². The average molecular weight is 413 g/mol. The Morgan fingerprint density at radius 3 is 2.45 bits per heavy atom. The molecule has 0 radical (unpaired) electrons. The van der Waals surface area contributed by atoms with Gasteiger partial charge >= 0.3 is 5.97 Å². The highest BCUT2D eigenvalue weighted by atomic mass is 16.5. The van der Waals surface area contributed by atoms with Crippen LogP contribution in [0.1, 0.15) is 24.1 Å². The number of hydrogen-bond donors (Lipinski definition) is 1. The van der Waals surface area contributed by atoms with Crippen molar-refractivity contribution in [2.75, 3.05) is 7.11 Å². The lowest BCUT2D eigenvalue weighted by Crippen LogP contribution is -2.42. The van der Waals surface area contributed by atoms with Gasteiger partial charge < -0.3 is 10.1 Å². The van der Waals surface area contributed by atoms with Crippen molar-refractivity contribution in [2.45, 2.75) is 25.3 Å². The number of carbonyl (C=O) groups is 2. The largest absolute Gasteiger partial charge is 0.467 e. The molecule has 2 heterocycles. The smallest absolute Gasteiger partial charge is 0.328 e. The fraction of sp³-hybridized carbons (Fsp3) is 0.200. The molecule has 0 aliphatic carbocycles. The first-order chi connectivity index (χ1) is 15.1. The summed E-state index contributed by atoms with van der Waals surface area (Å²) in [6, 6.07) is 20.7. The Bertz CT molecular complexity index is 1240. The summed E-state index contributed by atoms with van der Waals surface area (Å²) in [7, 11) is 1.30. The molecule has 4 rings (SSSR count). The second kappa shape index (κ2) is 8.92. The number of nitrogens with one attached hydrogen (secondary N) is 1. The van der Waals surface area contributed by atoms with E-state index in [1.807, 2.05) is 66.7 Å². The van der Waals surface area contributed by atoms with Gasteiger partial charge in [-0.3, -0.25) is 9.78 Å². The third-order valence-electron chi connectivity index (χ3n) is 5.33. The Labute approximate surface area is 180 Å². The van der Waals surface area contributed by atoms with Gasteiger partial charge in [-0.05, 0) is 31.0 Å². The maximum atomic E-state index is 13.4. The zero-order valence-electron chi connectivity index (χ0n) is 17.4. The van der Waals surface area contributed by atoms with Gasteiger partial charge in [-0.1, -0.05) is 54.6 Å². The van der Waals surface area contributed by atoms with Gasteiger partial charge in [0.1, 0.15) is 6.04 Å². The number of benzene rings is 2. The van der Waals surface area contributed by atoms with Crippen molar-refractivity contribution in [3.05, 3.63) is 84.2 Å². The predicted octanol–water partition coefficient (Wildman–Crippen LogP) is 3.79. The highest BCUT2D eigenvalue weighted by Gasteiger charge is 2.28. The number of esters is 1. The Morgan fingerprint density at radius 2 is 1.68 bits per heavy atom. The minimum Gasteiger partial charge on any atom is -0.467 e. The van der Waals surface area contributed by atoms with Crippen LogP contribution in [0.2, 0.25) is 0 Å². The van der Waals surface area contributed by atoms with Crippen LogP contribution in [0.25, 0.3) is 21.8 Å². The van der Waals surface area contributed by atoms with Gasteiger partial charge in [-0.15, -0.1) is 0 Å². The zero-order chi connectivity index (χ0) is 21.8. The van der Waals surface area contributed by atoms with Crippen LogP contribution in [0.4, 0.5) is 0 Å². The Balaban J connectivity index is 1.85. The van der Waals surface area contributed by atoms with Crippen molar-refractivity contribution in [3.63, 3.8) is 0 Å². The molecule has 1 amide bonds. The Morgan fingerprint density at radius 1 is 0.968 bits per heavy atom. The Kier molecular flexibility index (Phi) is 5.89. The fourth-order valence-corrected chi connectivity index (χ4v) is 3.76. The first-order valence-electron chi connectivity index (χ1n) is 10.1. The molecule has 0 saturated heterocycles. The topological polar surface area (TPSA) is 81.2 Å². The summed E-state index contributed by atoms with van der Waals surface area (Å²) in [6.45, 7) is 1.60. The number of para-hydroxylation sites is 1. The number of nitrogens with zero attached hydrogens (tertiary/aromatic N) is 2. The second-order valence-electron chi connectivity index (χ2n) is 7.41. The van der Waals surface area contributed by atoms with E-state index in [2.05, 4.69) is 10.3 Å². The van der Waals surface area contributed by atoms with E-state index >= 15 is 0 Å². The normalized spacial score (nSPS) is 13.0. The van der Waals surface area contributed by atoms with E-state index in [1.165, 1.54) is 7.11 Å². The zero-order valence-corrected chi connectivity index (χ0v) is 17.4. The van der Waals surface area contributed by atoms with Crippen molar-refractivity contribution in [2.24, 2.45) is 0 Å². The summed E-state index contributed by atoms with van der Waals surface area (Å²) >= 11 is 0. The van der Waals surface area contributed by atoms with Gasteiger partial charge in [0, 0.05) is 17.0 Å². The van der Waals surface area contributed by atoms with Crippen LogP contribution in [-0.2, 0) is 20.7 Å². The lowest BCUT2D eigenvalue weighted by atomic mass is 9.92. The molecule has 0 spiro atoms. The van der Waals surface area contributed by atoms with Crippen molar-refractivity contribution < 1.29 is 14.3 Å². The first-order valence-corrected chi connectivity index (χ1v) is 10.1. The van der Waals surface area contributed by atoms with E-state index in [1.54, 1.807) is 13.1 Å². The van der Waals surface area contributed by atoms with Crippen LogP contribution in [0, 0.1) is 0 Å². The van der Waals surface area contributed by atoms with Crippen LogP contribution in [0.3, 0.4) is 0 Å². The van der Waals surface area contributed by atoms with Crippen LogP contribution in [-0.4, -0.2) is 35.0 Å². The molecule has 1 N–H and O–H groups in total. The summed E-state index contributed by atoms with van der Waals surface area (Å²) in [5, 5.41) is 4.70. The van der Waals surface area contributed by atoms with Gasteiger partial charge in [0.05, 0.1) is 29.8 Å². The third kappa shape index (κ3) is 4.23. The van der Waals surface area contributed by atoms with Crippen molar-refractivity contribution in [1.29, 1.82) is 0 Å². The van der Waals surface area contributed by atoms with Gasteiger partial charge in [-0.2, -0.15) is 0 Å². The highest BCUT2D eigenvalue weighted by Crippen LogP contribution is 2.31. The molecule has 2 aromatic heterocycles. The number of fused-ring (bicyclic) bond motifs is 3. The number of aromatic nitrogens is 2. The molecule has 0 saturated carbocycles. The van der Waals surface area contributed by atoms with E-state index in [4.69, 9.17) is 9.72 Å². The highest BCUT2D eigenvalue weighted by molar-refractivity contribution is 6.06. The maximum Gasteiger partial charge on any atom is 0.328 e. The number of amides is 1. The molecule has 31 heavy (non-hydrogen) atoms. The average Bonchev–Trinajstić information content (AvgIpc) is 2.82. The number of pyridine rings is 2. The van der Waals surface area contributed by atoms with Crippen LogP contribution < -0.4 is 5.32 Å². The fourth-order valence-electron chi connectivity index (χ4n) is 3.76. The number of methoxy groups -OCH3 is 1. The van der Waals surface area contributed by atoms with E-state index in [0.29, 0.717) is 17.6 Å². The molecule has 0 aliphatic heterocycles. The van der Waals surface area contributed by atoms with Crippen molar-refractivity contribution >= 4 is 33.7 Å². The number of rotatable bonds is 6. The minimum atomic E-state index is -0.768. The summed E-state index contributed by atoms with van der Waals surface area (Å²) in [5.74, 6) is -1.42. The molecule has 2 aromatic carbocycles. The third-order valence-corrected chi connectivity index (χ3v) is 5.33. The molecule has 0 bridgehead atoms. The SMILES string of the molecule is COC(=O)C(C)NC(=O)C(Cc1ccccc1)c1nc2ccccc2c2cccnc12. The van der Waals surface area contributed by atoms with E-state index in [9.17, 15) is 9.59 Å². The number of hydrogen-bond acceptors (Lipinski definition) is 5. The molecular weight excluding hydrogens is 390 g/mol. The molecule has 2 unspecified atom stereocenters. The minimum absolute atomic E-state index is 0.295. The molecule has 6 nitrogen and oxygen atoms in total. The maximum absolute atomic E-state index is 13.4. The summed E-state index contributed by atoms with van der Waals surface area (Å²) in [6.07, 6.45) is 2.13. The lowest BCUT2D eigenvalue weighted by molar-refractivity contribution is -0.144. The second-order valence-corrected chi connectivity index (χ2v) is 7.41. The first kappa shape index (κ1) is 20.5. The predicted molar refractivity (Wildman–Crippen MR) is 120 cm³/mol. The summed E-state index contributed by atoms with van der Waals surface area (Å²) in [5.41, 5.74) is 3.06. The van der Waals surface area contributed by atoms with Crippen LogP contribution in [0.15, 0.2) is 72.9 Å². The Hall–Kier alpha value is -3.80. The van der Waals surface area contributed by atoms with Crippen molar-refractivity contribution in [3.8, 4) is 0 Å². The van der Waals surface area contributed by atoms with E-state index < -0.39 is 17.9 Å². The lowest BCUT2D eigenvalue weighted by Gasteiger charge is -2.21. The van der Waals surface area contributed by atoms with Crippen molar-refractivity contribution in [1.82, 2.24) is 15.3 Å². The van der Waals surface area contributed by atoms with Crippen LogP contribution >= 0.6 is 0 Å². The van der Waals surface area contributed by atoms with Gasteiger partial charge in [0.25, 0.3) is 0 Å². The summed E-state index contributed by atoms with van der Waals surface area (Å²) < 4.78 is 4.76. The van der Waals surface area contributed by atoms with E-state index in [-0.39, 0.29) is 5.91 Å². The van der Waals surface area contributed by atoms with Crippen LogP contribution in [0.5, 0.6) is 0 Å². The van der Waals surface area contributed by atoms with E-state index in [0.717, 1.165) is 21.9 Å². The number of ether oxygens (including phenoxy) is 1.